The minimum atomic E-state index is -0.537. The SMILES string of the molecule is C=C/C(=C\C)NC(=O)CNC(=O)CNC(=O)CNC(=O)C1CCC(C(N)=O)CC1. The van der Waals surface area contributed by atoms with Gasteiger partial charge in [-0.3, -0.25) is 24.0 Å². The molecule has 1 rings (SSSR count). The maximum Gasteiger partial charge on any atom is 0.243 e. The van der Waals surface area contributed by atoms with Gasteiger partial charge in [0.2, 0.25) is 29.5 Å². The average Bonchev–Trinajstić information content (AvgIpc) is 2.72. The van der Waals surface area contributed by atoms with Gasteiger partial charge < -0.3 is 27.0 Å². The van der Waals surface area contributed by atoms with E-state index in [4.69, 9.17) is 5.73 Å². The van der Waals surface area contributed by atoms with E-state index in [1.165, 1.54) is 6.08 Å². The first kappa shape index (κ1) is 23.9. The first-order valence-electron chi connectivity index (χ1n) is 9.45. The summed E-state index contributed by atoms with van der Waals surface area (Å²) in [5.41, 5.74) is 5.79. The Kier molecular flexibility index (Phi) is 10.1. The second-order valence-corrected chi connectivity index (χ2v) is 6.72. The summed E-state index contributed by atoms with van der Waals surface area (Å²) in [6.45, 7) is 4.45. The number of hydrogen-bond donors (Lipinski definition) is 5. The summed E-state index contributed by atoms with van der Waals surface area (Å²) in [7, 11) is 0. The highest BCUT2D eigenvalue weighted by Gasteiger charge is 2.28. The van der Waals surface area contributed by atoms with Gasteiger partial charge in [-0.2, -0.15) is 0 Å². The number of nitrogens with two attached hydrogens (primary N) is 1. The van der Waals surface area contributed by atoms with Crippen LogP contribution in [-0.2, 0) is 24.0 Å². The zero-order valence-electron chi connectivity index (χ0n) is 16.6. The molecule has 0 spiro atoms. The average molecular weight is 407 g/mol. The monoisotopic (exact) mass is 407 g/mol. The number of rotatable bonds is 10. The van der Waals surface area contributed by atoms with Crippen molar-refractivity contribution in [2.45, 2.75) is 32.6 Å². The van der Waals surface area contributed by atoms with Crippen LogP contribution in [0.25, 0.3) is 0 Å². The van der Waals surface area contributed by atoms with Crippen molar-refractivity contribution in [3.8, 4) is 0 Å². The van der Waals surface area contributed by atoms with Crippen molar-refractivity contribution < 1.29 is 24.0 Å². The Hall–Kier alpha value is -3.17. The molecular formula is C19H29N5O5. The third-order valence-electron chi connectivity index (χ3n) is 4.63. The molecule has 160 valence electrons. The predicted octanol–water partition coefficient (Wildman–Crippen LogP) is -1.17. The van der Waals surface area contributed by atoms with Crippen molar-refractivity contribution in [2.24, 2.45) is 17.6 Å². The van der Waals surface area contributed by atoms with E-state index in [9.17, 15) is 24.0 Å². The van der Waals surface area contributed by atoms with Gasteiger partial charge in [-0.1, -0.05) is 12.7 Å². The fraction of sp³-hybridized carbons (Fsp3) is 0.526. The summed E-state index contributed by atoms with van der Waals surface area (Å²) in [6, 6.07) is 0. The summed E-state index contributed by atoms with van der Waals surface area (Å²) >= 11 is 0. The molecule has 0 heterocycles. The standard InChI is InChI=1S/C19H29N5O5/c1-3-14(4-2)24-17(27)11-22-15(25)9-21-16(26)10-23-19(29)13-7-5-12(6-8-13)18(20)28/h3-4,12-13H,1,5-11H2,2H3,(H2,20,28)(H,21,26)(H,22,25)(H,23,29)(H,24,27)/b14-4+. The third kappa shape index (κ3) is 9.04. The molecule has 0 aromatic rings. The van der Waals surface area contributed by atoms with Crippen LogP contribution in [0.4, 0.5) is 0 Å². The minimum Gasteiger partial charge on any atom is -0.369 e. The Labute approximate surface area is 169 Å². The van der Waals surface area contributed by atoms with Crippen molar-refractivity contribution in [1.29, 1.82) is 0 Å². The molecule has 1 aliphatic rings. The van der Waals surface area contributed by atoms with Gasteiger partial charge in [0.25, 0.3) is 0 Å². The molecule has 0 unspecified atom stereocenters. The van der Waals surface area contributed by atoms with E-state index in [1.54, 1.807) is 13.0 Å². The van der Waals surface area contributed by atoms with E-state index < -0.39 is 17.7 Å². The molecular weight excluding hydrogens is 378 g/mol. The zero-order valence-corrected chi connectivity index (χ0v) is 16.6. The molecule has 0 aromatic carbocycles. The van der Waals surface area contributed by atoms with Crippen LogP contribution >= 0.6 is 0 Å². The fourth-order valence-corrected chi connectivity index (χ4v) is 2.88. The van der Waals surface area contributed by atoms with Gasteiger partial charge in [0.15, 0.2) is 0 Å². The minimum absolute atomic E-state index is 0.190. The quantitative estimate of drug-likeness (QED) is 0.288. The van der Waals surface area contributed by atoms with Gasteiger partial charge in [0.1, 0.15) is 0 Å². The Morgan fingerprint density at radius 2 is 1.34 bits per heavy atom. The van der Waals surface area contributed by atoms with Crippen molar-refractivity contribution >= 4 is 29.5 Å². The second kappa shape index (κ2) is 12.3. The molecule has 0 aromatic heterocycles. The lowest BCUT2D eigenvalue weighted by Crippen LogP contribution is -2.45. The molecule has 0 atom stereocenters. The second-order valence-electron chi connectivity index (χ2n) is 6.72. The molecule has 0 saturated heterocycles. The number of nitrogens with one attached hydrogen (secondary N) is 4. The van der Waals surface area contributed by atoms with E-state index in [2.05, 4.69) is 27.8 Å². The van der Waals surface area contributed by atoms with Crippen molar-refractivity contribution in [3.63, 3.8) is 0 Å². The van der Waals surface area contributed by atoms with Crippen LogP contribution in [0.1, 0.15) is 32.6 Å². The molecule has 29 heavy (non-hydrogen) atoms. The largest absolute Gasteiger partial charge is 0.369 e. The topological polar surface area (TPSA) is 159 Å². The van der Waals surface area contributed by atoms with E-state index in [0.29, 0.717) is 31.4 Å². The van der Waals surface area contributed by atoms with Crippen molar-refractivity contribution in [3.05, 3.63) is 24.4 Å². The van der Waals surface area contributed by atoms with E-state index in [-0.39, 0.29) is 43.3 Å². The van der Waals surface area contributed by atoms with Crippen LogP contribution in [-0.4, -0.2) is 49.2 Å². The molecule has 5 amide bonds. The van der Waals surface area contributed by atoms with Crippen molar-refractivity contribution in [2.75, 3.05) is 19.6 Å². The summed E-state index contributed by atoms with van der Waals surface area (Å²) in [5, 5.41) is 9.80. The molecule has 1 saturated carbocycles. The van der Waals surface area contributed by atoms with E-state index in [0.717, 1.165) is 0 Å². The molecule has 10 heteroatoms. The smallest absolute Gasteiger partial charge is 0.243 e. The van der Waals surface area contributed by atoms with Gasteiger partial charge in [0, 0.05) is 17.5 Å². The molecule has 6 N–H and O–H groups in total. The lowest BCUT2D eigenvalue weighted by Gasteiger charge is -2.25. The molecule has 10 nitrogen and oxygen atoms in total. The first-order chi connectivity index (χ1) is 13.8. The number of primary amides is 1. The molecule has 0 radical (unpaired) electrons. The molecule has 0 bridgehead atoms. The van der Waals surface area contributed by atoms with Gasteiger partial charge in [-0.25, -0.2) is 0 Å². The highest BCUT2D eigenvalue weighted by molar-refractivity contribution is 5.90. The van der Waals surface area contributed by atoms with Gasteiger partial charge in [0.05, 0.1) is 19.6 Å². The predicted molar refractivity (Wildman–Crippen MR) is 106 cm³/mol. The van der Waals surface area contributed by atoms with Crippen LogP contribution in [0.2, 0.25) is 0 Å². The Morgan fingerprint density at radius 3 is 1.83 bits per heavy atom. The van der Waals surface area contributed by atoms with E-state index in [1.807, 2.05) is 0 Å². The Morgan fingerprint density at radius 1 is 0.862 bits per heavy atom. The summed E-state index contributed by atoms with van der Waals surface area (Å²) < 4.78 is 0. The first-order valence-corrected chi connectivity index (χ1v) is 9.45. The van der Waals surface area contributed by atoms with Crippen LogP contribution < -0.4 is 27.0 Å². The maximum absolute atomic E-state index is 12.1. The maximum atomic E-state index is 12.1. The number of hydrogen-bond acceptors (Lipinski definition) is 5. The van der Waals surface area contributed by atoms with Crippen LogP contribution in [0.5, 0.6) is 0 Å². The number of carbonyl (C=O) groups excluding carboxylic acids is 5. The summed E-state index contributed by atoms with van der Waals surface area (Å²) in [5.74, 6) is -2.52. The van der Waals surface area contributed by atoms with E-state index >= 15 is 0 Å². The van der Waals surface area contributed by atoms with Crippen LogP contribution in [0.3, 0.4) is 0 Å². The molecule has 0 aliphatic heterocycles. The Balaban J connectivity index is 2.20. The molecule has 1 fully saturated rings. The van der Waals surface area contributed by atoms with Crippen molar-refractivity contribution in [1.82, 2.24) is 21.3 Å². The normalized spacial score (nSPS) is 18.9. The number of allylic oxidation sites excluding steroid dienone is 2. The third-order valence-corrected chi connectivity index (χ3v) is 4.63. The molecule has 1 aliphatic carbocycles. The van der Waals surface area contributed by atoms with Crippen LogP contribution in [0.15, 0.2) is 24.4 Å². The highest BCUT2D eigenvalue weighted by Crippen LogP contribution is 2.28. The highest BCUT2D eigenvalue weighted by atomic mass is 16.2. The summed E-state index contributed by atoms with van der Waals surface area (Å²) in [6.07, 6.45) is 5.35. The van der Waals surface area contributed by atoms with Crippen LogP contribution in [0, 0.1) is 11.8 Å². The fourth-order valence-electron chi connectivity index (χ4n) is 2.88. The van der Waals surface area contributed by atoms with Gasteiger partial charge in [-0.05, 0) is 38.7 Å². The lowest BCUT2D eigenvalue weighted by molar-refractivity contribution is -0.131. The Bertz CT molecular complexity index is 680. The lowest BCUT2D eigenvalue weighted by atomic mass is 9.81. The number of carbonyl (C=O) groups is 5. The zero-order chi connectivity index (χ0) is 21.8. The van der Waals surface area contributed by atoms with Gasteiger partial charge in [-0.15, -0.1) is 0 Å². The van der Waals surface area contributed by atoms with Gasteiger partial charge >= 0.3 is 0 Å². The summed E-state index contributed by atoms with van der Waals surface area (Å²) in [4.78, 5) is 58.3. The number of amides is 5.